The Kier molecular flexibility index (Phi) is 5.99. The second kappa shape index (κ2) is 8.83. The van der Waals surface area contributed by atoms with Crippen molar-refractivity contribution in [2.45, 2.75) is 39.0 Å². The normalized spacial score (nSPS) is 13.1. The minimum atomic E-state index is -0.488. The van der Waals surface area contributed by atoms with Crippen molar-refractivity contribution in [3.63, 3.8) is 0 Å². The lowest BCUT2D eigenvalue weighted by Gasteiger charge is -2.10. The Labute approximate surface area is 178 Å². The SMILES string of the molecule is CC(=O)NCCc1ccc(C(=O)COC(=O)c2ccc3[nH]c4c(c3c2)CCCC4)s1. The lowest BCUT2D eigenvalue weighted by molar-refractivity contribution is -0.118. The highest BCUT2D eigenvalue weighted by Crippen LogP contribution is 2.30. The number of fused-ring (bicyclic) bond motifs is 3. The van der Waals surface area contributed by atoms with Crippen molar-refractivity contribution in [1.29, 1.82) is 0 Å². The predicted octanol–water partition coefficient (Wildman–Crippen LogP) is 3.83. The summed E-state index contributed by atoms with van der Waals surface area (Å²) in [6.07, 6.45) is 5.09. The number of ketones is 1. The summed E-state index contributed by atoms with van der Waals surface area (Å²) in [6.45, 7) is 1.72. The summed E-state index contributed by atoms with van der Waals surface area (Å²) >= 11 is 1.36. The molecule has 0 unspecified atom stereocenters. The lowest BCUT2D eigenvalue weighted by Crippen LogP contribution is -2.22. The maximum atomic E-state index is 12.5. The highest BCUT2D eigenvalue weighted by atomic mass is 32.1. The molecule has 0 fully saturated rings. The molecule has 2 N–H and O–H groups in total. The van der Waals surface area contributed by atoms with Gasteiger partial charge in [-0.3, -0.25) is 9.59 Å². The molecule has 1 aliphatic carbocycles. The van der Waals surface area contributed by atoms with E-state index in [-0.39, 0.29) is 18.3 Å². The van der Waals surface area contributed by atoms with E-state index >= 15 is 0 Å². The van der Waals surface area contributed by atoms with Crippen LogP contribution in [0, 0.1) is 0 Å². The van der Waals surface area contributed by atoms with Crippen LogP contribution in [0.25, 0.3) is 10.9 Å². The molecule has 3 aromatic rings. The van der Waals surface area contributed by atoms with E-state index in [1.54, 1.807) is 12.1 Å². The van der Waals surface area contributed by atoms with Crippen LogP contribution in [0.5, 0.6) is 0 Å². The van der Waals surface area contributed by atoms with Crippen LogP contribution in [0.1, 0.15) is 55.9 Å². The van der Waals surface area contributed by atoms with Crippen molar-refractivity contribution in [2.24, 2.45) is 0 Å². The average molecular weight is 425 g/mol. The quantitative estimate of drug-likeness (QED) is 0.446. The second-order valence-electron chi connectivity index (χ2n) is 7.55. The molecule has 1 aromatic carbocycles. The van der Waals surface area contributed by atoms with Crippen molar-refractivity contribution in [1.82, 2.24) is 10.3 Å². The van der Waals surface area contributed by atoms with Gasteiger partial charge in [0.1, 0.15) is 0 Å². The van der Waals surface area contributed by atoms with Gasteiger partial charge in [-0.05, 0) is 68.0 Å². The maximum absolute atomic E-state index is 12.5. The fraction of sp³-hybridized carbons (Fsp3) is 0.348. The summed E-state index contributed by atoms with van der Waals surface area (Å²) in [5, 5.41) is 3.81. The number of hydrogen-bond acceptors (Lipinski definition) is 5. The number of Topliss-reactive ketones (excluding diaryl/α,β-unsaturated/α-hetero) is 1. The van der Waals surface area contributed by atoms with Crippen molar-refractivity contribution >= 4 is 39.9 Å². The fourth-order valence-corrected chi connectivity index (χ4v) is 4.77. The molecule has 0 spiro atoms. The van der Waals surface area contributed by atoms with Crippen LogP contribution in [0.3, 0.4) is 0 Å². The van der Waals surface area contributed by atoms with Crippen molar-refractivity contribution in [2.75, 3.05) is 13.2 Å². The molecule has 0 saturated carbocycles. The number of thiophene rings is 1. The van der Waals surface area contributed by atoms with E-state index in [0.717, 1.165) is 35.0 Å². The summed E-state index contributed by atoms with van der Waals surface area (Å²) in [4.78, 5) is 40.8. The lowest BCUT2D eigenvalue weighted by atomic mass is 9.95. The smallest absolute Gasteiger partial charge is 0.338 e. The number of aryl methyl sites for hydroxylation is 2. The van der Waals surface area contributed by atoms with Gasteiger partial charge < -0.3 is 15.0 Å². The third-order valence-electron chi connectivity index (χ3n) is 5.35. The summed E-state index contributed by atoms with van der Waals surface area (Å²) in [7, 11) is 0. The highest BCUT2D eigenvalue weighted by molar-refractivity contribution is 7.14. The van der Waals surface area contributed by atoms with Gasteiger partial charge in [-0.25, -0.2) is 4.79 Å². The molecule has 2 heterocycles. The van der Waals surface area contributed by atoms with Gasteiger partial charge in [0.25, 0.3) is 0 Å². The van der Waals surface area contributed by atoms with Gasteiger partial charge in [0.15, 0.2) is 6.61 Å². The van der Waals surface area contributed by atoms with Crippen LogP contribution < -0.4 is 5.32 Å². The number of nitrogens with one attached hydrogen (secondary N) is 2. The minimum Gasteiger partial charge on any atom is -0.454 e. The molecule has 0 radical (unpaired) electrons. The first-order valence-electron chi connectivity index (χ1n) is 10.2. The van der Waals surface area contributed by atoms with Crippen LogP contribution in [-0.2, 0) is 28.8 Å². The molecule has 2 aromatic heterocycles. The van der Waals surface area contributed by atoms with Crippen LogP contribution in [0.2, 0.25) is 0 Å². The van der Waals surface area contributed by atoms with Gasteiger partial charge in [0.05, 0.1) is 10.4 Å². The predicted molar refractivity (Wildman–Crippen MR) is 116 cm³/mol. The number of aromatic nitrogens is 1. The van der Waals surface area contributed by atoms with E-state index in [4.69, 9.17) is 4.74 Å². The van der Waals surface area contributed by atoms with Crippen LogP contribution in [0.15, 0.2) is 30.3 Å². The molecule has 1 aliphatic rings. The Balaban J connectivity index is 1.37. The Bertz CT molecular complexity index is 1110. The Morgan fingerprint density at radius 2 is 1.97 bits per heavy atom. The zero-order chi connectivity index (χ0) is 21.1. The van der Waals surface area contributed by atoms with E-state index in [2.05, 4.69) is 10.3 Å². The summed E-state index contributed by atoms with van der Waals surface area (Å²) in [5.74, 6) is -0.786. The summed E-state index contributed by atoms with van der Waals surface area (Å²) in [5.41, 5.74) is 4.07. The van der Waals surface area contributed by atoms with Crippen molar-refractivity contribution < 1.29 is 19.1 Å². The van der Waals surface area contributed by atoms with E-state index in [9.17, 15) is 14.4 Å². The zero-order valence-corrected chi connectivity index (χ0v) is 17.7. The first kappa shape index (κ1) is 20.3. The Hall–Kier alpha value is -2.93. The van der Waals surface area contributed by atoms with Gasteiger partial charge in [-0.15, -0.1) is 11.3 Å². The Morgan fingerprint density at radius 1 is 1.13 bits per heavy atom. The molecular weight excluding hydrogens is 400 g/mol. The van der Waals surface area contributed by atoms with Gasteiger partial charge in [-0.1, -0.05) is 0 Å². The molecule has 30 heavy (non-hydrogen) atoms. The molecular formula is C23H24N2O4S. The van der Waals surface area contributed by atoms with Gasteiger partial charge >= 0.3 is 5.97 Å². The molecule has 0 atom stereocenters. The number of H-pyrrole nitrogens is 1. The number of carbonyl (C=O) groups is 3. The Morgan fingerprint density at radius 3 is 2.80 bits per heavy atom. The minimum absolute atomic E-state index is 0.0758. The number of carbonyl (C=O) groups excluding carboxylic acids is 3. The zero-order valence-electron chi connectivity index (χ0n) is 16.9. The average Bonchev–Trinajstić information content (AvgIpc) is 3.35. The molecule has 156 valence electrons. The largest absolute Gasteiger partial charge is 0.454 e. The first-order chi connectivity index (χ1) is 14.5. The molecule has 0 bridgehead atoms. The van der Waals surface area contributed by atoms with E-state index in [1.165, 1.54) is 35.9 Å². The molecule has 0 aliphatic heterocycles. The van der Waals surface area contributed by atoms with Crippen LogP contribution >= 0.6 is 11.3 Å². The number of rotatable bonds is 7. The van der Waals surface area contributed by atoms with E-state index < -0.39 is 5.97 Å². The van der Waals surface area contributed by atoms with Gasteiger partial charge in [-0.2, -0.15) is 0 Å². The second-order valence-corrected chi connectivity index (χ2v) is 8.72. The number of amides is 1. The van der Waals surface area contributed by atoms with Crippen molar-refractivity contribution in [3.05, 3.63) is 56.9 Å². The number of esters is 1. The summed E-state index contributed by atoms with van der Waals surface area (Å²) < 4.78 is 5.29. The molecule has 0 saturated heterocycles. The molecule has 4 rings (SSSR count). The monoisotopic (exact) mass is 424 g/mol. The van der Waals surface area contributed by atoms with Gasteiger partial charge in [0, 0.05) is 34.9 Å². The number of benzene rings is 1. The topological polar surface area (TPSA) is 88.3 Å². The first-order valence-corrected chi connectivity index (χ1v) is 11.0. The van der Waals surface area contributed by atoms with Crippen LogP contribution in [0.4, 0.5) is 0 Å². The number of ether oxygens (including phenoxy) is 1. The standard InChI is InChI=1S/C23H24N2O4S/c1-14(26)24-11-10-16-7-9-22(30-16)21(27)13-29-23(28)15-6-8-20-18(12-15)17-4-2-3-5-19(17)25-20/h6-9,12,25H,2-5,10-11,13H2,1H3,(H,24,26). The molecule has 1 amide bonds. The van der Waals surface area contributed by atoms with Gasteiger partial charge in [0.2, 0.25) is 11.7 Å². The highest BCUT2D eigenvalue weighted by Gasteiger charge is 2.18. The van der Waals surface area contributed by atoms with Crippen molar-refractivity contribution in [3.8, 4) is 0 Å². The summed E-state index contributed by atoms with van der Waals surface area (Å²) in [6, 6.07) is 9.12. The number of aromatic amines is 1. The maximum Gasteiger partial charge on any atom is 0.338 e. The fourth-order valence-electron chi connectivity index (χ4n) is 3.84. The van der Waals surface area contributed by atoms with E-state index in [0.29, 0.717) is 23.4 Å². The third-order valence-corrected chi connectivity index (χ3v) is 6.54. The molecule has 7 heteroatoms. The van der Waals surface area contributed by atoms with Crippen LogP contribution in [-0.4, -0.2) is 35.8 Å². The van der Waals surface area contributed by atoms with E-state index in [1.807, 2.05) is 18.2 Å². The number of hydrogen-bond donors (Lipinski definition) is 2. The third kappa shape index (κ3) is 4.46. The molecule has 6 nitrogen and oxygen atoms in total.